The summed E-state index contributed by atoms with van der Waals surface area (Å²) in [6.45, 7) is 5.86. The van der Waals surface area contributed by atoms with Gasteiger partial charge in [-0.3, -0.25) is 9.58 Å². The zero-order valence-corrected chi connectivity index (χ0v) is 15.1. The van der Waals surface area contributed by atoms with Crippen LogP contribution in [-0.4, -0.2) is 47.7 Å². The van der Waals surface area contributed by atoms with Crippen LogP contribution in [0.3, 0.4) is 0 Å². The number of aryl methyl sites for hydroxylation is 1. The molecule has 1 rings (SSSR count). The first kappa shape index (κ1) is 17.0. The molecule has 2 unspecified atom stereocenters. The minimum atomic E-state index is -3.52. The molecule has 9 heteroatoms. The molecule has 6 nitrogen and oxygen atoms in total. The summed E-state index contributed by atoms with van der Waals surface area (Å²) in [7, 11) is 4.53. The van der Waals surface area contributed by atoms with Crippen LogP contribution >= 0.6 is 18.1 Å². The Morgan fingerprint density at radius 3 is 2.37 bits per heavy atom. The van der Waals surface area contributed by atoms with E-state index in [1.807, 2.05) is 32.8 Å². The average Bonchev–Trinajstić information content (AvgIpc) is 2.71. The highest BCUT2D eigenvalue weighted by atomic mass is 32.2. The van der Waals surface area contributed by atoms with E-state index in [0.717, 1.165) is 5.69 Å². The lowest BCUT2D eigenvalue weighted by molar-refractivity contribution is 0.185. The summed E-state index contributed by atoms with van der Waals surface area (Å²) in [6, 6.07) is 1.65. The van der Waals surface area contributed by atoms with Crippen molar-refractivity contribution >= 4 is 28.1 Å². The van der Waals surface area contributed by atoms with Crippen LogP contribution in [0, 0.1) is 0 Å². The maximum atomic E-state index is 12.2. The van der Waals surface area contributed by atoms with Crippen molar-refractivity contribution in [3.8, 4) is 0 Å². The molecule has 110 valence electrons. The van der Waals surface area contributed by atoms with E-state index in [4.69, 9.17) is 0 Å². The number of rotatable bonds is 5. The predicted octanol–water partition coefficient (Wildman–Crippen LogP) is 1.22. The summed E-state index contributed by atoms with van der Waals surface area (Å²) >= 11 is 0. The third-order valence-electron chi connectivity index (χ3n) is 3.35. The lowest BCUT2D eigenvalue weighted by atomic mass is 9.99. The quantitative estimate of drug-likeness (QED) is 0.764. The van der Waals surface area contributed by atoms with E-state index in [2.05, 4.69) is 14.5 Å². The van der Waals surface area contributed by atoms with Crippen molar-refractivity contribution in [2.75, 3.05) is 20.8 Å². The molecule has 1 heterocycles. The van der Waals surface area contributed by atoms with Gasteiger partial charge >= 0.3 is 0 Å². The number of sulfonamides is 1. The molecule has 0 aliphatic heterocycles. The highest BCUT2D eigenvalue weighted by Gasteiger charge is 2.31. The third kappa shape index (κ3) is 3.17. The van der Waals surface area contributed by atoms with Crippen molar-refractivity contribution in [3.63, 3.8) is 0 Å². The molecule has 0 aromatic carbocycles. The van der Waals surface area contributed by atoms with Crippen LogP contribution in [0.5, 0.6) is 0 Å². The standard InChI is InChI=1S/C10H22N4O2P2S/c1-10(2,12(3)4)8-7-9(11-13(8)5)19(15,16)14(17)18-6/h7,18H,17H2,1-6H3. The zero-order valence-electron chi connectivity index (χ0n) is 12.2. The first-order chi connectivity index (χ1) is 8.55. The number of aromatic nitrogens is 2. The molecule has 0 fully saturated rings. The van der Waals surface area contributed by atoms with Gasteiger partial charge in [0.25, 0.3) is 10.0 Å². The smallest absolute Gasteiger partial charge is 0.268 e. The van der Waals surface area contributed by atoms with Crippen LogP contribution in [0.15, 0.2) is 11.1 Å². The third-order valence-corrected chi connectivity index (χ3v) is 7.91. The second-order valence-electron chi connectivity index (χ2n) is 4.97. The van der Waals surface area contributed by atoms with Crippen LogP contribution < -0.4 is 0 Å². The summed E-state index contributed by atoms with van der Waals surface area (Å²) in [5, 5.41) is 4.24. The van der Waals surface area contributed by atoms with Crippen LogP contribution in [-0.2, 0) is 22.6 Å². The van der Waals surface area contributed by atoms with Gasteiger partial charge in [0.15, 0.2) is 5.03 Å². The van der Waals surface area contributed by atoms with Crippen molar-refractivity contribution in [2.24, 2.45) is 7.05 Å². The number of nitrogens with zero attached hydrogens (tertiary/aromatic N) is 4. The Hall–Kier alpha value is -0.0600. The molecule has 0 radical (unpaired) electrons. The highest BCUT2D eigenvalue weighted by Crippen LogP contribution is 2.31. The molecule has 0 N–H and O–H groups in total. The Morgan fingerprint density at radius 1 is 1.42 bits per heavy atom. The van der Waals surface area contributed by atoms with Gasteiger partial charge < -0.3 is 0 Å². The van der Waals surface area contributed by atoms with Gasteiger partial charge in [-0.25, -0.2) is 8.42 Å². The Kier molecular flexibility index (Phi) is 5.14. The molecule has 0 saturated carbocycles. The van der Waals surface area contributed by atoms with Crippen molar-refractivity contribution in [1.29, 1.82) is 0 Å². The van der Waals surface area contributed by atoms with Gasteiger partial charge in [0.1, 0.15) is 0 Å². The second-order valence-corrected chi connectivity index (χ2v) is 9.39. The van der Waals surface area contributed by atoms with E-state index in [-0.39, 0.29) is 19.3 Å². The minimum absolute atomic E-state index is 0.0873. The van der Waals surface area contributed by atoms with E-state index >= 15 is 0 Å². The van der Waals surface area contributed by atoms with Crippen LogP contribution in [0.2, 0.25) is 0 Å². The summed E-state index contributed by atoms with van der Waals surface area (Å²) < 4.78 is 27.4. The maximum Gasteiger partial charge on any atom is 0.268 e. The van der Waals surface area contributed by atoms with Crippen molar-refractivity contribution in [3.05, 3.63) is 11.8 Å². The molecule has 0 saturated heterocycles. The van der Waals surface area contributed by atoms with Gasteiger partial charge in [0.05, 0.1) is 11.2 Å². The molecule has 0 aliphatic carbocycles. The molecule has 19 heavy (non-hydrogen) atoms. The van der Waals surface area contributed by atoms with E-state index in [1.165, 1.54) is 3.85 Å². The molecular formula is C10H22N4O2P2S. The monoisotopic (exact) mass is 324 g/mol. The molecule has 1 aromatic heterocycles. The van der Waals surface area contributed by atoms with Gasteiger partial charge in [-0.1, -0.05) is 0 Å². The number of hydrogen-bond donors (Lipinski definition) is 0. The van der Waals surface area contributed by atoms with E-state index < -0.39 is 10.0 Å². The van der Waals surface area contributed by atoms with Gasteiger partial charge in [0.2, 0.25) is 0 Å². The molecule has 1 aromatic rings. The molecule has 0 amide bonds. The Balaban J connectivity index is 3.32. The van der Waals surface area contributed by atoms with Gasteiger partial charge in [-0.05, 0) is 52.7 Å². The average molecular weight is 324 g/mol. The Morgan fingerprint density at radius 2 is 1.95 bits per heavy atom. The van der Waals surface area contributed by atoms with Crippen LogP contribution in [0.4, 0.5) is 0 Å². The van der Waals surface area contributed by atoms with E-state index in [0.29, 0.717) is 0 Å². The topological polar surface area (TPSA) is 58.4 Å². The summed E-state index contributed by atoms with van der Waals surface area (Å²) in [5.74, 6) is 0. The van der Waals surface area contributed by atoms with Gasteiger partial charge in [-0.2, -0.15) is 8.94 Å². The second kappa shape index (κ2) is 5.74. The fraction of sp³-hybridized carbons (Fsp3) is 0.700. The Labute approximate surface area is 119 Å². The normalized spacial score (nSPS) is 14.2. The van der Waals surface area contributed by atoms with Crippen LogP contribution in [0.1, 0.15) is 19.5 Å². The zero-order chi connectivity index (χ0) is 15.0. The summed E-state index contributed by atoms with van der Waals surface area (Å²) in [6.07, 6.45) is 0. The fourth-order valence-electron chi connectivity index (χ4n) is 1.59. The SMILES string of the molecule is CPN(P)S(=O)(=O)c1cc(C(C)(C)N(C)C)n(C)n1. The highest BCUT2D eigenvalue weighted by molar-refractivity contribution is 7.96. The molecule has 0 spiro atoms. The lowest BCUT2D eigenvalue weighted by Crippen LogP contribution is -2.37. The summed E-state index contributed by atoms with van der Waals surface area (Å²) in [5.41, 5.74) is 0.560. The maximum absolute atomic E-state index is 12.2. The van der Waals surface area contributed by atoms with Crippen molar-refractivity contribution in [2.45, 2.75) is 24.4 Å². The van der Waals surface area contributed by atoms with Crippen molar-refractivity contribution in [1.82, 2.24) is 18.5 Å². The largest absolute Gasteiger partial charge is 0.299 e. The fourth-order valence-corrected chi connectivity index (χ4v) is 3.84. The number of hydrogen-bond acceptors (Lipinski definition) is 4. The first-order valence-corrected chi connectivity index (χ1v) is 9.15. The first-order valence-electron chi connectivity index (χ1n) is 5.74. The van der Waals surface area contributed by atoms with Crippen molar-refractivity contribution < 1.29 is 8.42 Å². The van der Waals surface area contributed by atoms with Crippen LogP contribution in [0.25, 0.3) is 0 Å². The minimum Gasteiger partial charge on any atom is -0.299 e. The molecular weight excluding hydrogens is 302 g/mol. The Bertz CT molecular complexity index is 554. The predicted molar refractivity (Wildman–Crippen MR) is 82.9 cm³/mol. The summed E-state index contributed by atoms with van der Waals surface area (Å²) in [4.78, 5) is 2.03. The molecule has 0 bridgehead atoms. The lowest BCUT2D eigenvalue weighted by Gasteiger charge is -2.32. The van der Waals surface area contributed by atoms with E-state index in [1.54, 1.807) is 24.5 Å². The van der Waals surface area contributed by atoms with Gasteiger partial charge in [-0.15, -0.1) is 0 Å². The van der Waals surface area contributed by atoms with E-state index in [9.17, 15) is 8.42 Å². The molecule has 0 aliphatic rings. The van der Waals surface area contributed by atoms with Gasteiger partial charge in [0, 0.05) is 13.1 Å². The molecule has 2 atom stereocenters.